The lowest BCUT2D eigenvalue weighted by Gasteiger charge is -2.21. The Morgan fingerprint density at radius 1 is 0.947 bits per heavy atom. The van der Waals surface area contributed by atoms with Gasteiger partial charge in [0.2, 0.25) is 0 Å². The van der Waals surface area contributed by atoms with Gasteiger partial charge in [-0.3, -0.25) is 0 Å². The van der Waals surface area contributed by atoms with Crippen LogP contribution >= 0.6 is 11.8 Å². The molecule has 0 aromatic heterocycles. The molecule has 0 heterocycles. The van der Waals surface area contributed by atoms with E-state index in [-0.39, 0.29) is 6.29 Å². The lowest BCUT2D eigenvalue weighted by molar-refractivity contribution is -0.115. The Labute approximate surface area is 124 Å². The van der Waals surface area contributed by atoms with Crippen LogP contribution in [-0.4, -0.2) is 25.3 Å². The lowest BCUT2D eigenvalue weighted by Crippen LogP contribution is -2.20. The van der Waals surface area contributed by atoms with Gasteiger partial charge in [0.15, 0.2) is 6.29 Å². The quantitative estimate of drug-likeness (QED) is 0.335. The second-order valence-electron chi connectivity index (χ2n) is 4.67. The van der Waals surface area contributed by atoms with Crippen LogP contribution in [0.3, 0.4) is 0 Å². The first-order chi connectivity index (χ1) is 9.29. The average molecular weight is 288 g/mol. The van der Waals surface area contributed by atoms with Gasteiger partial charge in [-0.25, -0.2) is 0 Å². The molecule has 0 radical (unpaired) electrons. The fourth-order valence-electron chi connectivity index (χ4n) is 1.50. The molecule has 0 unspecified atom stereocenters. The van der Waals surface area contributed by atoms with Crippen molar-refractivity contribution in [3.05, 3.63) is 11.0 Å². The Kier molecular flexibility index (Phi) is 14.4. The first-order valence-electron chi connectivity index (χ1n) is 7.82. The maximum atomic E-state index is 5.90. The first-order valence-corrected chi connectivity index (χ1v) is 8.80. The summed E-state index contributed by atoms with van der Waals surface area (Å²) in [6.45, 7) is 10.3. The number of allylic oxidation sites excluding steroid dienone is 1. The molecular formula is C16H32O2S. The van der Waals surface area contributed by atoms with Crippen LogP contribution in [-0.2, 0) is 9.47 Å². The predicted molar refractivity (Wildman–Crippen MR) is 86.6 cm³/mol. The highest BCUT2D eigenvalue weighted by Gasteiger charge is 2.15. The van der Waals surface area contributed by atoms with Crippen molar-refractivity contribution in [2.75, 3.05) is 19.0 Å². The van der Waals surface area contributed by atoms with Gasteiger partial charge in [-0.1, -0.05) is 46.1 Å². The third-order valence-corrected chi connectivity index (χ3v) is 4.07. The Balaban J connectivity index is 4.22. The molecule has 0 amide bonds. The summed E-state index contributed by atoms with van der Waals surface area (Å²) in [5, 5.41) is 0. The molecule has 3 heteroatoms. The van der Waals surface area contributed by atoms with Crippen LogP contribution < -0.4 is 0 Å². The molecule has 0 saturated heterocycles. The minimum atomic E-state index is -0.148. The molecule has 0 aliphatic heterocycles. The van der Waals surface area contributed by atoms with Crippen molar-refractivity contribution < 1.29 is 9.47 Å². The van der Waals surface area contributed by atoms with Crippen LogP contribution in [0.5, 0.6) is 0 Å². The smallest absolute Gasteiger partial charge is 0.189 e. The number of rotatable bonds is 13. The minimum Gasteiger partial charge on any atom is -0.348 e. The van der Waals surface area contributed by atoms with E-state index in [1.807, 2.05) is 11.8 Å². The van der Waals surface area contributed by atoms with E-state index >= 15 is 0 Å². The van der Waals surface area contributed by atoms with E-state index < -0.39 is 0 Å². The summed E-state index contributed by atoms with van der Waals surface area (Å²) >= 11 is 1.88. The van der Waals surface area contributed by atoms with Gasteiger partial charge < -0.3 is 9.47 Å². The van der Waals surface area contributed by atoms with E-state index in [0.29, 0.717) is 0 Å². The van der Waals surface area contributed by atoms with Crippen LogP contribution in [0.1, 0.15) is 66.2 Å². The van der Waals surface area contributed by atoms with Crippen molar-refractivity contribution in [3.8, 4) is 0 Å². The third-order valence-electron chi connectivity index (χ3n) is 2.82. The van der Waals surface area contributed by atoms with E-state index in [9.17, 15) is 0 Å². The largest absolute Gasteiger partial charge is 0.348 e. The van der Waals surface area contributed by atoms with Gasteiger partial charge >= 0.3 is 0 Å². The second-order valence-corrected chi connectivity index (χ2v) is 5.84. The maximum Gasteiger partial charge on any atom is 0.189 e. The molecule has 0 saturated carbocycles. The van der Waals surface area contributed by atoms with E-state index in [2.05, 4.69) is 33.8 Å². The van der Waals surface area contributed by atoms with Crippen molar-refractivity contribution in [1.29, 1.82) is 0 Å². The molecule has 0 atom stereocenters. The Morgan fingerprint density at radius 2 is 1.47 bits per heavy atom. The number of hydrogen-bond acceptors (Lipinski definition) is 3. The van der Waals surface area contributed by atoms with E-state index in [1.165, 1.54) is 17.7 Å². The van der Waals surface area contributed by atoms with Crippen molar-refractivity contribution in [2.24, 2.45) is 0 Å². The molecule has 0 fully saturated rings. The highest BCUT2D eigenvalue weighted by molar-refractivity contribution is 8.03. The Bertz CT molecular complexity index is 207. The molecule has 0 bridgehead atoms. The molecular weight excluding hydrogens is 256 g/mol. The molecule has 0 aromatic carbocycles. The molecule has 0 aliphatic carbocycles. The molecule has 0 rings (SSSR count). The van der Waals surface area contributed by atoms with Crippen molar-refractivity contribution in [3.63, 3.8) is 0 Å². The van der Waals surface area contributed by atoms with Crippen LogP contribution in [0.25, 0.3) is 0 Å². The topological polar surface area (TPSA) is 18.5 Å². The first kappa shape index (κ1) is 19.0. The Hall–Kier alpha value is 0.01000. The normalized spacial score (nSPS) is 12.4. The van der Waals surface area contributed by atoms with Crippen molar-refractivity contribution >= 4 is 11.8 Å². The molecule has 0 N–H and O–H groups in total. The van der Waals surface area contributed by atoms with Crippen LogP contribution in [0, 0.1) is 0 Å². The van der Waals surface area contributed by atoms with Gasteiger partial charge in [0.05, 0.1) is 13.2 Å². The fraction of sp³-hybridized carbons (Fsp3) is 0.875. The lowest BCUT2D eigenvalue weighted by atomic mass is 10.3. The van der Waals surface area contributed by atoms with Gasteiger partial charge in [0.1, 0.15) is 0 Å². The minimum absolute atomic E-state index is 0.148. The Morgan fingerprint density at radius 3 is 1.89 bits per heavy atom. The van der Waals surface area contributed by atoms with Gasteiger partial charge in [-0.15, -0.1) is 11.8 Å². The predicted octanol–water partition coefficient (Wildman–Crippen LogP) is 5.38. The molecule has 0 aliphatic rings. The summed E-state index contributed by atoms with van der Waals surface area (Å²) in [6, 6.07) is 0. The van der Waals surface area contributed by atoms with Crippen LogP contribution in [0.4, 0.5) is 0 Å². The van der Waals surface area contributed by atoms with E-state index in [4.69, 9.17) is 9.47 Å². The summed E-state index contributed by atoms with van der Waals surface area (Å²) in [6.07, 6.45) is 9.01. The zero-order valence-corrected chi connectivity index (χ0v) is 14.1. The number of ether oxygens (including phenoxy) is 2. The average Bonchev–Trinajstić information content (AvgIpc) is 2.43. The SMILES string of the molecule is CC=C(SCCCC)C(OCCCC)OCCCC. The van der Waals surface area contributed by atoms with Gasteiger partial charge in [-0.05, 0) is 31.9 Å². The van der Waals surface area contributed by atoms with Gasteiger partial charge in [0, 0.05) is 4.91 Å². The fourth-order valence-corrected chi connectivity index (χ4v) is 2.61. The molecule has 114 valence electrons. The van der Waals surface area contributed by atoms with E-state index in [0.717, 1.165) is 44.6 Å². The van der Waals surface area contributed by atoms with Crippen LogP contribution in [0.2, 0.25) is 0 Å². The maximum absolute atomic E-state index is 5.90. The zero-order chi connectivity index (χ0) is 14.3. The van der Waals surface area contributed by atoms with Crippen molar-refractivity contribution in [1.82, 2.24) is 0 Å². The van der Waals surface area contributed by atoms with Crippen LogP contribution in [0.15, 0.2) is 11.0 Å². The summed E-state index contributed by atoms with van der Waals surface area (Å²) in [5.41, 5.74) is 0. The standard InChI is InChI=1S/C16H32O2S/c1-5-9-12-17-16(18-13-10-6-2)15(8-4)19-14-11-7-3/h8,16H,5-7,9-14H2,1-4H3. The summed E-state index contributed by atoms with van der Waals surface area (Å²) < 4.78 is 11.8. The second kappa shape index (κ2) is 14.4. The molecule has 0 spiro atoms. The highest BCUT2D eigenvalue weighted by Crippen LogP contribution is 2.24. The monoisotopic (exact) mass is 288 g/mol. The van der Waals surface area contributed by atoms with Crippen molar-refractivity contribution in [2.45, 2.75) is 72.5 Å². The molecule has 19 heavy (non-hydrogen) atoms. The summed E-state index contributed by atoms with van der Waals surface area (Å²) in [4.78, 5) is 1.24. The van der Waals surface area contributed by atoms with E-state index in [1.54, 1.807) is 0 Å². The summed E-state index contributed by atoms with van der Waals surface area (Å²) in [5.74, 6) is 1.15. The van der Waals surface area contributed by atoms with Gasteiger partial charge in [-0.2, -0.15) is 0 Å². The van der Waals surface area contributed by atoms with Gasteiger partial charge in [0.25, 0.3) is 0 Å². The third kappa shape index (κ3) is 10.5. The number of thioether (sulfide) groups is 1. The zero-order valence-electron chi connectivity index (χ0n) is 13.2. The highest BCUT2D eigenvalue weighted by atomic mass is 32.2. The molecule has 2 nitrogen and oxygen atoms in total. The number of hydrogen-bond donors (Lipinski definition) is 0. The number of unbranched alkanes of at least 4 members (excludes halogenated alkanes) is 3. The molecule has 0 aromatic rings. The summed E-state index contributed by atoms with van der Waals surface area (Å²) in [7, 11) is 0.